The van der Waals surface area contributed by atoms with Crippen LogP contribution < -0.4 is 5.32 Å². The molecule has 3 aromatic heterocycles. The van der Waals surface area contributed by atoms with Gasteiger partial charge in [-0.05, 0) is 37.6 Å². The van der Waals surface area contributed by atoms with E-state index in [0.717, 1.165) is 35.0 Å². The summed E-state index contributed by atoms with van der Waals surface area (Å²) in [5.41, 5.74) is -0.673. The molecular formula is C21H14F5N5O2. The molecule has 1 amide bonds. The first-order valence-electron chi connectivity index (χ1n) is 9.75. The van der Waals surface area contributed by atoms with Gasteiger partial charge in [0.1, 0.15) is 23.3 Å². The van der Waals surface area contributed by atoms with Gasteiger partial charge in [-0.25, -0.2) is 13.8 Å². The Bertz CT molecular complexity index is 1390. The second-order valence-electron chi connectivity index (χ2n) is 7.69. The fourth-order valence-electron chi connectivity index (χ4n) is 3.36. The van der Waals surface area contributed by atoms with Crippen LogP contribution in [0.3, 0.4) is 0 Å². The highest BCUT2D eigenvalue weighted by Crippen LogP contribution is 2.43. The second kappa shape index (κ2) is 7.36. The number of rotatable bonds is 4. The number of fused-ring (bicyclic) bond motifs is 1. The van der Waals surface area contributed by atoms with Crippen LogP contribution in [0.15, 0.2) is 41.2 Å². The molecule has 0 saturated heterocycles. The minimum Gasteiger partial charge on any atom is -0.339 e. The number of halogens is 5. The Kier molecular flexibility index (Phi) is 4.69. The summed E-state index contributed by atoms with van der Waals surface area (Å²) in [6.07, 6.45) is -3.49. The SMILES string of the molecule is Cc1c(F)cc(-c2noc([C@H]3C[C@@H]3F)n2)cc1NC(=O)c1cnc2ccc(C(F)(F)F)cn12. The summed E-state index contributed by atoms with van der Waals surface area (Å²) in [4.78, 5) is 20.9. The van der Waals surface area contributed by atoms with Crippen molar-refractivity contribution in [1.29, 1.82) is 0 Å². The van der Waals surface area contributed by atoms with E-state index in [-0.39, 0.29) is 46.3 Å². The molecule has 2 atom stereocenters. The maximum Gasteiger partial charge on any atom is 0.417 e. The van der Waals surface area contributed by atoms with Gasteiger partial charge in [-0.15, -0.1) is 0 Å². The molecule has 170 valence electrons. The van der Waals surface area contributed by atoms with E-state index in [9.17, 15) is 26.7 Å². The molecule has 5 rings (SSSR count). The third kappa shape index (κ3) is 3.81. The Labute approximate surface area is 182 Å². The van der Waals surface area contributed by atoms with Crippen molar-refractivity contribution in [3.63, 3.8) is 0 Å². The van der Waals surface area contributed by atoms with Crippen LogP contribution in [0.25, 0.3) is 17.0 Å². The van der Waals surface area contributed by atoms with Crippen molar-refractivity contribution >= 4 is 17.2 Å². The molecule has 4 aromatic rings. The lowest BCUT2D eigenvalue weighted by molar-refractivity contribution is -0.137. The van der Waals surface area contributed by atoms with Crippen molar-refractivity contribution in [2.75, 3.05) is 5.32 Å². The minimum absolute atomic E-state index is 0.0168. The Morgan fingerprint density at radius 2 is 2.03 bits per heavy atom. The summed E-state index contributed by atoms with van der Waals surface area (Å²) in [5, 5.41) is 6.24. The van der Waals surface area contributed by atoms with E-state index in [1.807, 2.05) is 0 Å². The highest BCUT2D eigenvalue weighted by Gasteiger charge is 2.43. The predicted molar refractivity (Wildman–Crippen MR) is 105 cm³/mol. The van der Waals surface area contributed by atoms with E-state index >= 15 is 0 Å². The summed E-state index contributed by atoms with van der Waals surface area (Å²) in [7, 11) is 0. The van der Waals surface area contributed by atoms with Gasteiger partial charge in [0.2, 0.25) is 11.7 Å². The summed E-state index contributed by atoms with van der Waals surface area (Å²) in [5.74, 6) is -1.83. The molecule has 0 radical (unpaired) electrons. The number of benzene rings is 1. The van der Waals surface area contributed by atoms with Crippen molar-refractivity contribution in [1.82, 2.24) is 19.5 Å². The number of carbonyl (C=O) groups is 1. The Hall–Kier alpha value is -3.83. The number of alkyl halides is 4. The van der Waals surface area contributed by atoms with E-state index in [1.54, 1.807) is 0 Å². The van der Waals surface area contributed by atoms with Gasteiger partial charge in [0.05, 0.1) is 17.7 Å². The van der Waals surface area contributed by atoms with Gasteiger partial charge in [0.15, 0.2) is 0 Å². The number of anilines is 1. The zero-order valence-electron chi connectivity index (χ0n) is 16.8. The second-order valence-corrected chi connectivity index (χ2v) is 7.69. The van der Waals surface area contributed by atoms with Crippen molar-refractivity contribution in [3.8, 4) is 11.4 Å². The van der Waals surface area contributed by atoms with Crippen LogP contribution in [0, 0.1) is 12.7 Å². The fourth-order valence-corrected chi connectivity index (χ4v) is 3.36. The maximum absolute atomic E-state index is 14.6. The standard InChI is InChI=1S/C21H14F5N5O2/c1-9-13(22)4-10(18-29-20(33-30-18)12-6-14(12)23)5-15(9)28-19(32)16-7-27-17-3-2-11(8-31(16)17)21(24,25)26/h2-5,7-8,12,14H,6H2,1H3,(H,28,32)/t12-,14-/m0/s1. The Morgan fingerprint density at radius 1 is 1.27 bits per heavy atom. The van der Waals surface area contributed by atoms with Crippen LogP contribution in [0.1, 0.15) is 39.8 Å². The maximum atomic E-state index is 14.6. The zero-order valence-corrected chi connectivity index (χ0v) is 16.8. The number of pyridine rings is 1. The molecule has 7 nitrogen and oxygen atoms in total. The van der Waals surface area contributed by atoms with Gasteiger partial charge in [-0.2, -0.15) is 18.2 Å². The first-order chi connectivity index (χ1) is 15.6. The molecule has 0 bridgehead atoms. The van der Waals surface area contributed by atoms with E-state index in [2.05, 4.69) is 20.4 Å². The van der Waals surface area contributed by atoms with Crippen LogP contribution in [-0.2, 0) is 6.18 Å². The summed E-state index contributed by atoms with van der Waals surface area (Å²) >= 11 is 0. The normalized spacial score (nSPS) is 18.0. The van der Waals surface area contributed by atoms with Crippen molar-refractivity contribution in [2.24, 2.45) is 0 Å². The van der Waals surface area contributed by atoms with E-state index in [0.29, 0.717) is 0 Å². The minimum atomic E-state index is -4.60. The molecule has 1 saturated carbocycles. The molecule has 33 heavy (non-hydrogen) atoms. The lowest BCUT2D eigenvalue weighted by Gasteiger charge is -2.11. The molecule has 1 aromatic carbocycles. The fraction of sp³-hybridized carbons (Fsp3) is 0.238. The number of hydrogen-bond donors (Lipinski definition) is 1. The Balaban J connectivity index is 1.47. The molecule has 12 heteroatoms. The molecule has 0 spiro atoms. The van der Waals surface area contributed by atoms with Gasteiger partial charge in [0, 0.05) is 23.0 Å². The van der Waals surface area contributed by atoms with Crippen LogP contribution in [-0.4, -0.2) is 31.6 Å². The largest absolute Gasteiger partial charge is 0.417 e. The van der Waals surface area contributed by atoms with E-state index in [4.69, 9.17) is 4.52 Å². The van der Waals surface area contributed by atoms with Gasteiger partial charge in [-0.1, -0.05) is 5.16 Å². The first kappa shape index (κ1) is 21.0. The highest BCUT2D eigenvalue weighted by molar-refractivity contribution is 6.04. The summed E-state index contributed by atoms with van der Waals surface area (Å²) in [6, 6.07) is 4.54. The third-order valence-electron chi connectivity index (χ3n) is 5.39. The van der Waals surface area contributed by atoms with Gasteiger partial charge >= 0.3 is 6.18 Å². The topological polar surface area (TPSA) is 85.3 Å². The molecule has 1 fully saturated rings. The molecule has 1 aliphatic rings. The molecule has 1 N–H and O–H groups in total. The highest BCUT2D eigenvalue weighted by atomic mass is 19.4. The number of aromatic nitrogens is 4. The van der Waals surface area contributed by atoms with Crippen LogP contribution in [0.5, 0.6) is 0 Å². The van der Waals surface area contributed by atoms with Crippen molar-refractivity contribution in [3.05, 3.63) is 65.2 Å². The van der Waals surface area contributed by atoms with Gasteiger partial charge < -0.3 is 9.84 Å². The lowest BCUT2D eigenvalue weighted by Crippen LogP contribution is -2.16. The van der Waals surface area contributed by atoms with Crippen molar-refractivity contribution < 1.29 is 31.3 Å². The number of nitrogens with zero attached hydrogens (tertiary/aromatic N) is 4. The molecule has 3 heterocycles. The third-order valence-corrected chi connectivity index (χ3v) is 5.39. The monoisotopic (exact) mass is 463 g/mol. The average molecular weight is 463 g/mol. The smallest absolute Gasteiger partial charge is 0.339 e. The summed E-state index contributed by atoms with van der Waals surface area (Å²) < 4.78 is 73.0. The molecule has 0 unspecified atom stereocenters. The zero-order chi connectivity index (χ0) is 23.5. The number of amides is 1. The van der Waals surface area contributed by atoms with Crippen LogP contribution in [0.4, 0.5) is 27.6 Å². The van der Waals surface area contributed by atoms with Crippen molar-refractivity contribution in [2.45, 2.75) is 31.6 Å². The summed E-state index contributed by atoms with van der Waals surface area (Å²) in [6.45, 7) is 1.42. The number of carbonyl (C=O) groups excluding carboxylic acids is 1. The molecule has 0 aliphatic heterocycles. The van der Waals surface area contributed by atoms with Gasteiger partial charge in [-0.3, -0.25) is 9.20 Å². The molecule has 1 aliphatic carbocycles. The number of imidazole rings is 1. The van der Waals surface area contributed by atoms with Crippen LogP contribution >= 0.6 is 0 Å². The lowest BCUT2D eigenvalue weighted by atomic mass is 10.1. The Morgan fingerprint density at radius 3 is 2.73 bits per heavy atom. The predicted octanol–water partition coefficient (Wildman–Crippen LogP) is 4.93. The quantitative estimate of drug-likeness (QED) is 0.434. The van der Waals surface area contributed by atoms with Crippen LogP contribution in [0.2, 0.25) is 0 Å². The van der Waals surface area contributed by atoms with Gasteiger partial charge in [0.25, 0.3) is 5.91 Å². The van der Waals surface area contributed by atoms with E-state index in [1.165, 1.54) is 13.0 Å². The average Bonchev–Trinajstić information content (AvgIpc) is 3.17. The number of nitrogens with one attached hydrogen (secondary N) is 1. The first-order valence-corrected chi connectivity index (χ1v) is 9.75. The number of hydrogen-bond acceptors (Lipinski definition) is 5. The molecular weight excluding hydrogens is 449 g/mol. The van der Waals surface area contributed by atoms with E-state index < -0.39 is 35.6 Å².